The summed E-state index contributed by atoms with van der Waals surface area (Å²) in [5, 5.41) is 0. The number of allylic oxidation sites excluding steroid dienone is 2. The second kappa shape index (κ2) is 4.17. The van der Waals surface area contributed by atoms with E-state index >= 15 is 0 Å². The molecule has 20 heavy (non-hydrogen) atoms. The molecular formula is C16H23N2O2+. The summed E-state index contributed by atoms with van der Waals surface area (Å²) >= 11 is 0. The Balaban J connectivity index is 1.55. The Bertz CT molecular complexity index is 463. The van der Waals surface area contributed by atoms with Crippen molar-refractivity contribution in [2.75, 3.05) is 26.8 Å². The lowest BCUT2D eigenvalue weighted by Gasteiger charge is -2.39. The van der Waals surface area contributed by atoms with Gasteiger partial charge in [0.2, 0.25) is 11.8 Å². The third-order valence-corrected chi connectivity index (χ3v) is 5.94. The number of fused-ring (bicyclic) bond motifs is 5. The Morgan fingerprint density at radius 2 is 1.60 bits per heavy atom. The van der Waals surface area contributed by atoms with Gasteiger partial charge < -0.3 is 4.48 Å². The molecule has 0 aromatic heterocycles. The lowest BCUT2D eigenvalue weighted by molar-refractivity contribution is -0.920. The Hall–Kier alpha value is -1.16. The van der Waals surface area contributed by atoms with Crippen molar-refractivity contribution in [3.8, 4) is 0 Å². The minimum absolute atomic E-state index is 0.0334. The summed E-state index contributed by atoms with van der Waals surface area (Å²) in [6.07, 6.45) is 9.07. The molecule has 3 fully saturated rings. The highest BCUT2D eigenvalue weighted by Gasteiger charge is 2.60. The number of piperidine rings is 1. The van der Waals surface area contributed by atoms with E-state index in [-0.39, 0.29) is 23.7 Å². The van der Waals surface area contributed by atoms with Crippen molar-refractivity contribution in [2.45, 2.75) is 25.7 Å². The predicted molar refractivity (Wildman–Crippen MR) is 74.2 cm³/mol. The second-order valence-electron chi connectivity index (χ2n) is 7.37. The van der Waals surface area contributed by atoms with Gasteiger partial charge in [0.15, 0.2) is 6.67 Å². The van der Waals surface area contributed by atoms with Crippen molar-refractivity contribution in [3.05, 3.63) is 12.2 Å². The van der Waals surface area contributed by atoms with Gasteiger partial charge in [0.1, 0.15) is 0 Å². The number of hydrogen-bond donors (Lipinski definition) is 0. The van der Waals surface area contributed by atoms with Crippen LogP contribution < -0.4 is 0 Å². The quantitative estimate of drug-likeness (QED) is 0.434. The summed E-state index contributed by atoms with van der Waals surface area (Å²) in [4.78, 5) is 26.9. The minimum atomic E-state index is -0.0334. The smallest absolute Gasteiger partial charge is 0.238 e. The van der Waals surface area contributed by atoms with Crippen LogP contribution in [0, 0.1) is 23.7 Å². The molecule has 2 bridgehead atoms. The fourth-order valence-corrected chi connectivity index (χ4v) is 4.86. The summed E-state index contributed by atoms with van der Waals surface area (Å²) in [6.45, 7) is 2.79. The number of carbonyl (C=O) groups excluding carboxylic acids is 2. The van der Waals surface area contributed by atoms with Crippen molar-refractivity contribution < 1.29 is 14.1 Å². The standard InChI is InChI=1S/C16H23N2O2/c1-18(7-3-2-4-8-18)10-17-15(19)13-11-5-6-12(9-11)14(13)16(17)20/h5-6,11-14H,2-4,7-10H2,1H3/q+1/t11-,12-,13-,14-/m0/s1. The monoisotopic (exact) mass is 275 g/mol. The van der Waals surface area contributed by atoms with Crippen LogP contribution in [0.5, 0.6) is 0 Å². The van der Waals surface area contributed by atoms with Crippen molar-refractivity contribution in [1.82, 2.24) is 4.90 Å². The average molecular weight is 275 g/mol. The predicted octanol–water partition coefficient (Wildman–Crippen LogP) is 1.38. The Morgan fingerprint density at radius 1 is 1.05 bits per heavy atom. The summed E-state index contributed by atoms with van der Waals surface area (Å²) in [7, 11) is 2.20. The van der Waals surface area contributed by atoms with Gasteiger partial charge in [-0.3, -0.25) is 9.59 Å². The van der Waals surface area contributed by atoms with E-state index in [0.29, 0.717) is 18.5 Å². The van der Waals surface area contributed by atoms with Crippen molar-refractivity contribution in [2.24, 2.45) is 23.7 Å². The largest absolute Gasteiger partial charge is 0.309 e. The normalized spacial score (nSPS) is 41.5. The maximum Gasteiger partial charge on any atom is 0.238 e. The van der Waals surface area contributed by atoms with E-state index in [2.05, 4.69) is 19.2 Å². The highest BCUT2D eigenvalue weighted by atomic mass is 16.2. The van der Waals surface area contributed by atoms with Gasteiger partial charge in [-0.15, -0.1) is 0 Å². The number of hydrogen-bond acceptors (Lipinski definition) is 2. The van der Waals surface area contributed by atoms with Gasteiger partial charge in [0.25, 0.3) is 0 Å². The van der Waals surface area contributed by atoms with Crippen molar-refractivity contribution in [1.29, 1.82) is 0 Å². The van der Waals surface area contributed by atoms with Crippen LogP contribution in [0.4, 0.5) is 0 Å². The zero-order valence-electron chi connectivity index (χ0n) is 12.1. The molecule has 2 amide bonds. The fraction of sp³-hybridized carbons (Fsp3) is 0.750. The molecule has 0 N–H and O–H groups in total. The van der Waals surface area contributed by atoms with Crippen LogP contribution in [-0.2, 0) is 9.59 Å². The third kappa shape index (κ3) is 1.63. The third-order valence-electron chi connectivity index (χ3n) is 5.94. The van der Waals surface area contributed by atoms with Gasteiger partial charge in [-0.05, 0) is 37.5 Å². The van der Waals surface area contributed by atoms with Crippen LogP contribution in [-0.4, -0.2) is 48.0 Å². The highest BCUT2D eigenvalue weighted by Crippen LogP contribution is 2.52. The topological polar surface area (TPSA) is 37.4 Å². The molecular weight excluding hydrogens is 252 g/mol. The van der Waals surface area contributed by atoms with E-state index in [1.165, 1.54) is 19.3 Å². The van der Waals surface area contributed by atoms with Crippen molar-refractivity contribution >= 4 is 11.8 Å². The number of carbonyl (C=O) groups is 2. The van der Waals surface area contributed by atoms with Gasteiger partial charge in [-0.25, -0.2) is 4.90 Å². The first kappa shape index (κ1) is 12.6. The first-order chi connectivity index (χ1) is 9.59. The Kier molecular flexibility index (Phi) is 2.62. The summed E-state index contributed by atoms with van der Waals surface area (Å²) < 4.78 is 0.861. The number of nitrogens with zero attached hydrogens (tertiary/aromatic N) is 2. The molecule has 0 aromatic carbocycles. The van der Waals surface area contributed by atoms with Gasteiger partial charge in [0.05, 0.1) is 32.0 Å². The average Bonchev–Trinajstić information content (AvgIpc) is 3.09. The Labute approximate surface area is 120 Å². The molecule has 4 nitrogen and oxygen atoms in total. The molecule has 4 aliphatic rings. The fourth-order valence-electron chi connectivity index (χ4n) is 4.86. The first-order valence-electron chi connectivity index (χ1n) is 7.96. The van der Waals surface area contributed by atoms with Crippen LogP contribution in [0.15, 0.2) is 12.2 Å². The van der Waals surface area contributed by atoms with E-state index < -0.39 is 0 Å². The molecule has 4 rings (SSSR count). The molecule has 0 spiro atoms. The second-order valence-corrected chi connectivity index (χ2v) is 7.37. The zero-order valence-corrected chi connectivity index (χ0v) is 12.1. The molecule has 2 aliphatic heterocycles. The summed E-state index contributed by atoms with van der Waals surface area (Å²) in [5.74, 6) is 0.822. The van der Waals surface area contributed by atoms with Gasteiger partial charge in [-0.2, -0.15) is 0 Å². The number of amides is 2. The number of quaternary nitrogens is 1. The maximum absolute atomic E-state index is 12.7. The molecule has 4 atom stereocenters. The molecule has 2 heterocycles. The lowest BCUT2D eigenvalue weighted by Crippen LogP contribution is -2.55. The van der Waals surface area contributed by atoms with Gasteiger partial charge >= 0.3 is 0 Å². The molecule has 1 saturated carbocycles. The number of imide groups is 1. The van der Waals surface area contributed by atoms with E-state index in [1.807, 2.05) is 0 Å². The minimum Gasteiger partial charge on any atom is -0.309 e. The first-order valence-corrected chi connectivity index (χ1v) is 7.96. The number of likely N-dealkylation sites (tertiary alicyclic amines) is 2. The van der Waals surface area contributed by atoms with Gasteiger partial charge in [-0.1, -0.05) is 12.2 Å². The summed E-state index contributed by atoms with van der Waals surface area (Å²) in [5.41, 5.74) is 0. The van der Waals surface area contributed by atoms with Gasteiger partial charge in [0, 0.05) is 0 Å². The SMILES string of the molecule is C[N+]1(CN2C(=O)[C@@H]3[C@@H](C2=O)[C@H]2C=C[C@H]3C2)CCCCC1. The van der Waals surface area contributed by atoms with Crippen LogP contribution in [0.2, 0.25) is 0 Å². The Morgan fingerprint density at radius 3 is 2.15 bits per heavy atom. The molecule has 2 saturated heterocycles. The van der Waals surface area contributed by atoms with Crippen LogP contribution in [0.25, 0.3) is 0 Å². The zero-order chi connectivity index (χ0) is 13.9. The van der Waals surface area contributed by atoms with Crippen LogP contribution >= 0.6 is 0 Å². The molecule has 108 valence electrons. The van der Waals surface area contributed by atoms with E-state index in [0.717, 1.165) is 24.0 Å². The van der Waals surface area contributed by atoms with E-state index in [4.69, 9.17) is 0 Å². The molecule has 0 unspecified atom stereocenters. The molecule has 4 heteroatoms. The highest BCUT2D eigenvalue weighted by molar-refractivity contribution is 6.06. The van der Waals surface area contributed by atoms with Crippen LogP contribution in [0.1, 0.15) is 25.7 Å². The van der Waals surface area contributed by atoms with Crippen LogP contribution in [0.3, 0.4) is 0 Å². The molecule has 0 radical (unpaired) electrons. The lowest BCUT2D eigenvalue weighted by atomic mass is 9.85. The number of rotatable bonds is 2. The van der Waals surface area contributed by atoms with Crippen molar-refractivity contribution in [3.63, 3.8) is 0 Å². The maximum atomic E-state index is 12.7. The molecule has 2 aliphatic carbocycles. The van der Waals surface area contributed by atoms with E-state index in [9.17, 15) is 9.59 Å². The van der Waals surface area contributed by atoms with E-state index in [1.54, 1.807) is 4.90 Å². The summed E-state index contributed by atoms with van der Waals surface area (Å²) in [6, 6.07) is 0. The molecule has 0 aromatic rings.